The fraction of sp³-hybridized carbons (Fsp3) is 0.875. The maximum atomic E-state index is 11.1. The highest BCUT2D eigenvalue weighted by atomic mass is 16.3. The van der Waals surface area contributed by atoms with E-state index in [1.54, 1.807) is 0 Å². The molecule has 0 bridgehead atoms. The van der Waals surface area contributed by atoms with E-state index >= 15 is 0 Å². The molecule has 4 nitrogen and oxygen atoms in total. The second kappa shape index (κ2) is 7.89. The monoisotopic (exact) mass is 284 g/mol. The molecule has 2 saturated carbocycles. The summed E-state index contributed by atoms with van der Waals surface area (Å²) in [7, 11) is 0. The van der Waals surface area contributed by atoms with Crippen molar-refractivity contribution in [3.8, 4) is 0 Å². The maximum absolute atomic E-state index is 11.1. The molecule has 116 valence electrons. The van der Waals surface area contributed by atoms with E-state index in [0.717, 1.165) is 19.3 Å². The van der Waals surface area contributed by atoms with Gasteiger partial charge in [-0.2, -0.15) is 0 Å². The number of unbranched alkanes of at least 4 members (excludes halogenated alkanes) is 2. The van der Waals surface area contributed by atoms with E-state index < -0.39 is 12.2 Å². The molecule has 0 radical (unpaired) electrons. The zero-order chi connectivity index (χ0) is 15.3. The topological polar surface area (TPSA) is 74.6 Å². The molecule has 0 aromatic heterocycles. The summed E-state index contributed by atoms with van der Waals surface area (Å²) in [5.74, 6) is 1.46. The average Bonchev–Trinajstić information content (AvgIpc) is 2.85. The highest BCUT2D eigenvalue weighted by Crippen LogP contribution is 2.58. The zero-order valence-corrected chi connectivity index (χ0v) is 12.8. The Morgan fingerprint density at radius 2 is 1.70 bits per heavy atom. The van der Waals surface area contributed by atoms with Gasteiger partial charge in [0.1, 0.15) is 11.6 Å². The lowest BCUT2D eigenvalue weighted by Crippen LogP contribution is -2.30. The van der Waals surface area contributed by atoms with E-state index in [1.807, 2.05) is 0 Å². The van der Waals surface area contributed by atoms with Crippen molar-refractivity contribution < 1.29 is 19.8 Å². The van der Waals surface area contributed by atoms with Gasteiger partial charge in [0.25, 0.3) is 0 Å². The largest absolute Gasteiger partial charge is 0.390 e. The minimum Gasteiger partial charge on any atom is -0.390 e. The van der Waals surface area contributed by atoms with Crippen molar-refractivity contribution in [1.29, 1.82) is 0 Å². The van der Waals surface area contributed by atoms with Crippen molar-refractivity contribution in [2.45, 2.75) is 71.5 Å². The Kier molecular flexibility index (Phi) is 6.83. The number of aliphatic hydroxyl groups is 2. The predicted octanol–water partition coefficient (Wildman–Crippen LogP) is 2.11. The van der Waals surface area contributed by atoms with Gasteiger partial charge in [-0.15, -0.1) is 0 Å². The molecule has 0 aliphatic heterocycles. The molecular weight excluding hydrogens is 256 g/mol. The van der Waals surface area contributed by atoms with E-state index in [4.69, 9.17) is 0 Å². The van der Waals surface area contributed by atoms with Crippen LogP contribution >= 0.6 is 0 Å². The smallest absolute Gasteiger partial charge is 0.133 e. The number of fused-ring (bicyclic) bond motifs is 1. The lowest BCUT2D eigenvalue weighted by atomic mass is 9.98. The molecule has 4 heteroatoms. The van der Waals surface area contributed by atoms with E-state index in [-0.39, 0.29) is 11.7 Å². The zero-order valence-electron chi connectivity index (χ0n) is 12.8. The molecule has 2 aliphatic rings. The quantitative estimate of drug-likeness (QED) is 0.733. The lowest BCUT2D eigenvalue weighted by molar-refractivity contribution is -0.119. The highest BCUT2D eigenvalue weighted by Gasteiger charge is 2.59. The fourth-order valence-corrected chi connectivity index (χ4v) is 3.20. The molecule has 2 rings (SSSR count). The van der Waals surface area contributed by atoms with Gasteiger partial charge in [0, 0.05) is 12.8 Å². The number of carbonyl (C=O) groups is 2. The maximum Gasteiger partial charge on any atom is 0.133 e. The molecule has 2 N–H and O–H groups in total. The Labute approximate surface area is 121 Å². The summed E-state index contributed by atoms with van der Waals surface area (Å²) < 4.78 is 0. The van der Waals surface area contributed by atoms with Crippen molar-refractivity contribution in [2.75, 3.05) is 0 Å². The van der Waals surface area contributed by atoms with Gasteiger partial charge in [0.15, 0.2) is 0 Å². The summed E-state index contributed by atoms with van der Waals surface area (Å²) in [6.07, 6.45) is 4.00. The van der Waals surface area contributed by atoms with E-state index in [2.05, 4.69) is 6.92 Å². The van der Waals surface area contributed by atoms with Gasteiger partial charge in [-0.1, -0.05) is 26.2 Å². The molecule has 4 unspecified atom stereocenters. The van der Waals surface area contributed by atoms with Gasteiger partial charge in [-0.3, -0.25) is 4.79 Å². The first-order valence-electron chi connectivity index (χ1n) is 7.73. The van der Waals surface area contributed by atoms with Crippen molar-refractivity contribution in [3.05, 3.63) is 0 Å². The van der Waals surface area contributed by atoms with E-state index in [9.17, 15) is 19.8 Å². The third-order valence-electron chi connectivity index (χ3n) is 4.22. The highest BCUT2D eigenvalue weighted by molar-refractivity contribution is 5.83. The third kappa shape index (κ3) is 4.98. The third-order valence-corrected chi connectivity index (χ3v) is 4.22. The summed E-state index contributed by atoms with van der Waals surface area (Å²) >= 11 is 0. The molecule has 0 aromatic carbocycles. The van der Waals surface area contributed by atoms with Crippen LogP contribution in [0.4, 0.5) is 0 Å². The molecule has 0 heterocycles. The van der Waals surface area contributed by atoms with Crippen LogP contribution in [0.25, 0.3) is 0 Å². The molecular formula is C16H28O4. The van der Waals surface area contributed by atoms with Crippen LogP contribution in [0.1, 0.15) is 59.3 Å². The Morgan fingerprint density at radius 1 is 1.20 bits per heavy atom. The standard InChI is InChI=1S/C13H22O3.C3H6O/c1-2-3-4-5-11(15)13(16)12-9-6-8(14)7-10(9)12;1-3(2)4/h9-13,15-16H,2-7H2,1H3;1-2H3. The summed E-state index contributed by atoms with van der Waals surface area (Å²) in [4.78, 5) is 20.5. The number of aliphatic hydroxyl groups excluding tert-OH is 2. The first-order chi connectivity index (χ1) is 9.38. The predicted molar refractivity (Wildman–Crippen MR) is 77.2 cm³/mol. The Hall–Kier alpha value is -0.740. The Morgan fingerprint density at radius 3 is 2.15 bits per heavy atom. The van der Waals surface area contributed by atoms with Crippen molar-refractivity contribution in [3.63, 3.8) is 0 Å². The number of hydrogen-bond acceptors (Lipinski definition) is 4. The Bertz CT molecular complexity index is 321. The van der Waals surface area contributed by atoms with Gasteiger partial charge < -0.3 is 15.0 Å². The molecule has 0 saturated heterocycles. The van der Waals surface area contributed by atoms with Crippen LogP contribution in [0, 0.1) is 17.8 Å². The van der Waals surface area contributed by atoms with Crippen molar-refractivity contribution >= 4 is 11.6 Å². The molecule has 4 atom stereocenters. The van der Waals surface area contributed by atoms with Crippen LogP contribution in [0.15, 0.2) is 0 Å². The van der Waals surface area contributed by atoms with Crippen LogP contribution in [-0.4, -0.2) is 34.0 Å². The molecule has 2 aliphatic carbocycles. The molecule has 0 spiro atoms. The molecule has 20 heavy (non-hydrogen) atoms. The minimum atomic E-state index is -0.597. The van der Waals surface area contributed by atoms with Crippen LogP contribution in [0.2, 0.25) is 0 Å². The first kappa shape index (κ1) is 17.3. The van der Waals surface area contributed by atoms with Crippen molar-refractivity contribution in [2.24, 2.45) is 17.8 Å². The van der Waals surface area contributed by atoms with Crippen molar-refractivity contribution in [1.82, 2.24) is 0 Å². The number of rotatable bonds is 6. The first-order valence-corrected chi connectivity index (χ1v) is 7.73. The summed E-state index contributed by atoms with van der Waals surface area (Å²) in [6.45, 7) is 5.18. The van der Waals surface area contributed by atoms with Crippen LogP contribution in [0.5, 0.6) is 0 Å². The van der Waals surface area contributed by atoms with E-state index in [0.29, 0.717) is 36.9 Å². The number of hydrogen-bond donors (Lipinski definition) is 2. The SMILES string of the molecule is CC(C)=O.CCCCCC(O)C(O)C1C2CC(=O)CC21. The summed E-state index contributed by atoms with van der Waals surface area (Å²) in [5, 5.41) is 19.8. The molecule has 0 aromatic rings. The lowest BCUT2D eigenvalue weighted by Gasteiger charge is -2.19. The van der Waals surface area contributed by atoms with E-state index in [1.165, 1.54) is 13.8 Å². The van der Waals surface area contributed by atoms with Gasteiger partial charge in [0.05, 0.1) is 12.2 Å². The van der Waals surface area contributed by atoms with Gasteiger partial charge in [0.2, 0.25) is 0 Å². The van der Waals surface area contributed by atoms with Gasteiger partial charge >= 0.3 is 0 Å². The fourth-order valence-electron chi connectivity index (χ4n) is 3.20. The number of carbonyl (C=O) groups excluding carboxylic acids is 2. The second-order valence-corrected chi connectivity index (χ2v) is 6.31. The average molecular weight is 284 g/mol. The van der Waals surface area contributed by atoms with Crippen LogP contribution in [0.3, 0.4) is 0 Å². The number of ketones is 2. The second-order valence-electron chi connectivity index (χ2n) is 6.31. The Balaban J connectivity index is 0.000000444. The van der Waals surface area contributed by atoms with Crippen LogP contribution in [-0.2, 0) is 9.59 Å². The van der Waals surface area contributed by atoms with Gasteiger partial charge in [-0.25, -0.2) is 0 Å². The number of Topliss-reactive ketones (excluding diaryl/α,β-unsaturated/α-hetero) is 2. The molecule has 0 amide bonds. The summed E-state index contributed by atoms with van der Waals surface area (Å²) in [5.41, 5.74) is 0. The normalized spacial score (nSPS) is 30.1. The summed E-state index contributed by atoms with van der Waals surface area (Å²) in [6, 6.07) is 0. The van der Waals surface area contributed by atoms with Crippen LogP contribution < -0.4 is 0 Å². The van der Waals surface area contributed by atoms with Gasteiger partial charge in [-0.05, 0) is 38.0 Å². The minimum absolute atomic E-state index is 0.167. The molecule has 2 fully saturated rings.